The van der Waals surface area contributed by atoms with Gasteiger partial charge in [-0.05, 0) is 18.6 Å². The number of carbonyl (C=O) groups excluding carboxylic acids is 1. The smallest absolute Gasteiger partial charge is 0.319 e. The van der Waals surface area contributed by atoms with Crippen LogP contribution >= 0.6 is 11.6 Å². The molecule has 0 aliphatic carbocycles. The van der Waals surface area contributed by atoms with Crippen molar-refractivity contribution in [2.24, 2.45) is 0 Å². The lowest BCUT2D eigenvalue weighted by molar-refractivity contribution is -0.384. The molecule has 6 nitrogen and oxygen atoms in total. The summed E-state index contributed by atoms with van der Waals surface area (Å²) in [6.45, 7) is 0.488. The van der Waals surface area contributed by atoms with Gasteiger partial charge in [0, 0.05) is 30.2 Å². The Kier molecular flexibility index (Phi) is 5.22. The fraction of sp³-hybridized carbons (Fsp3) is 0.300. The third-order valence-electron chi connectivity index (χ3n) is 1.93. The standard InChI is InChI=1S/C10H12ClN3O3/c11-6-1-7-12-10(15)13-8-2-4-9(5-3-8)14(16)17/h2-5H,1,6-7H2,(H2,12,13,15). The average Bonchev–Trinajstić information content (AvgIpc) is 2.30. The lowest BCUT2D eigenvalue weighted by Gasteiger charge is -2.06. The number of hydrogen-bond acceptors (Lipinski definition) is 3. The van der Waals surface area contributed by atoms with E-state index in [4.69, 9.17) is 11.6 Å². The number of non-ortho nitro benzene ring substituents is 1. The molecule has 92 valence electrons. The maximum atomic E-state index is 11.3. The molecule has 17 heavy (non-hydrogen) atoms. The molecule has 0 spiro atoms. The zero-order chi connectivity index (χ0) is 12.7. The van der Waals surface area contributed by atoms with Gasteiger partial charge in [0.25, 0.3) is 5.69 Å². The number of amides is 2. The van der Waals surface area contributed by atoms with Crippen LogP contribution in [0.15, 0.2) is 24.3 Å². The summed E-state index contributed by atoms with van der Waals surface area (Å²) in [4.78, 5) is 21.2. The Hall–Kier alpha value is -1.82. The maximum Gasteiger partial charge on any atom is 0.319 e. The van der Waals surface area contributed by atoms with Crippen molar-refractivity contribution in [3.05, 3.63) is 34.4 Å². The summed E-state index contributed by atoms with van der Waals surface area (Å²) in [6, 6.07) is 5.24. The van der Waals surface area contributed by atoms with Gasteiger partial charge in [-0.25, -0.2) is 4.79 Å². The lowest BCUT2D eigenvalue weighted by atomic mass is 10.3. The van der Waals surface area contributed by atoms with Crippen LogP contribution in [-0.4, -0.2) is 23.4 Å². The molecular formula is C10H12ClN3O3. The molecule has 0 aliphatic heterocycles. The number of carbonyl (C=O) groups is 1. The first-order valence-corrected chi connectivity index (χ1v) is 5.52. The number of alkyl halides is 1. The summed E-state index contributed by atoms with van der Waals surface area (Å²) in [7, 11) is 0. The molecule has 0 fully saturated rings. The molecule has 0 aromatic heterocycles. The molecule has 0 aliphatic rings. The molecule has 1 rings (SSSR count). The largest absolute Gasteiger partial charge is 0.338 e. The van der Waals surface area contributed by atoms with E-state index in [2.05, 4.69) is 10.6 Å². The molecule has 2 N–H and O–H groups in total. The van der Waals surface area contributed by atoms with Crippen LogP contribution in [0.2, 0.25) is 0 Å². The van der Waals surface area contributed by atoms with Crippen LogP contribution in [-0.2, 0) is 0 Å². The molecule has 1 aromatic rings. The average molecular weight is 258 g/mol. The van der Waals surface area contributed by atoms with Crippen LogP contribution in [0.5, 0.6) is 0 Å². The van der Waals surface area contributed by atoms with E-state index in [0.29, 0.717) is 24.5 Å². The van der Waals surface area contributed by atoms with Crippen molar-refractivity contribution in [3.8, 4) is 0 Å². The van der Waals surface area contributed by atoms with Gasteiger partial charge < -0.3 is 10.6 Å². The molecule has 0 atom stereocenters. The number of rotatable bonds is 5. The summed E-state index contributed by atoms with van der Waals surface area (Å²) in [5.74, 6) is 0.484. The van der Waals surface area contributed by atoms with E-state index in [-0.39, 0.29) is 11.7 Å². The zero-order valence-electron chi connectivity index (χ0n) is 8.98. The van der Waals surface area contributed by atoms with E-state index in [1.54, 1.807) is 0 Å². The number of nitrogens with zero attached hydrogens (tertiary/aromatic N) is 1. The van der Waals surface area contributed by atoms with Crippen molar-refractivity contribution in [1.29, 1.82) is 0 Å². The molecule has 0 bridgehead atoms. The lowest BCUT2D eigenvalue weighted by Crippen LogP contribution is -2.29. The molecule has 0 heterocycles. The highest BCUT2D eigenvalue weighted by molar-refractivity contribution is 6.17. The van der Waals surface area contributed by atoms with Crippen molar-refractivity contribution >= 4 is 29.0 Å². The van der Waals surface area contributed by atoms with Gasteiger partial charge in [-0.1, -0.05) is 0 Å². The fourth-order valence-corrected chi connectivity index (χ4v) is 1.24. The molecule has 1 aromatic carbocycles. The Morgan fingerprint density at radius 3 is 2.53 bits per heavy atom. The topological polar surface area (TPSA) is 84.3 Å². The Labute approximate surface area is 103 Å². The predicted octanol–water partition coefficient (Wildman–Crippen LogP) is 2.35. The highest BCUT2D eigenvalue weighted by atomic mass is 35.5. The van der Waals surface area contributed by atoms with Crippen molar-refractivity contribution in [1.82, 2.24) is 5.32 Å². The van der Waals surface area contributed by atoms with E-state index in [1.807, 2.05) is 0 Å². The zero-order valence-corrected chi connectivity index (χ0v) is 9.74. The van der Waals surface area contributed by atoms with Gasteiger partial charge in [-0.2, -0.15) is 0 Å². The molecule has 2 amide bonds. The highest BCUT2D eigenvalue weighted by Gasteiger charge is 2.05. The molecule has 0 saturated carbocycles. The Balaban J connectivity index is 2.46. The number of benzene rings is 1. The van der Waals surface area contributed by atoms with Crippen molar-refractivity contribution < 1.29 is 9.72 Å². The second kappa shape index (κ2) is 6.70. The van der Waals surface area contributed by atoms with Crippen molar-refractivity contribution in [2.45, 2.75) is 6.42 Å². The Bertz CT molecular complexity index is 394. The van der Waals surface area contributed by atoms with E-state index < -0.39 is 4.92 Å². The van der Waals surface area contributed by atoms with Crippen LogP contribution in [0, 0.1) is 10.1 Å². The number of nitro benzene ring substituents is 1. The predicted molar refractivity (Wildman–Crippen MR) is 65.5 cm³/mol. The van der Waals surface area contributed by atoms with Gasteiger partial charge in [0.05, 0.1) is 4.92 Å². The molecule has 0 radical (unpaired) electrons. The number of hydrogen-bond donors (Lipinski definition) is 2. The Morgan fingerprint density at radius 1 is 1.35 bits per heavy atom. The Morgan fingerprint density at radius 2 is 2.00 bits per heavy atom. The summed E-state index contributed by atoms with van der Waals surface area (Å²) in [5, 5.41) is 15.6. The number of urea groups is 1. The fourth-order valence-electron chi connectivity index (χ4n) is 1.11. The van der Waals surface area contributed by atoms with Crippen LogP contribution in [0.3, 0.4) is 0 Å². The van der Waals surface area contributed by atoms with E-state index in [0.717, 1.165) is 0 Å². The van der Waals surface area contributed by atoms with Crippen LogP contribution in [0.4, 0.5) is 16.2 Å². The minimum atomic E-state index is -0.496. The van der Waals surface area contributed by atoms with Gasteiger partial charge in [0.15, 0.2) is 0 Å². The SMILES string of the molecule is O=C(NCCCCl)Nc1ccc([N+](=O)[O-])cc1. The molecule has 0 unspecified atom stereocenters. The number of anilines is 1. The van der Waals surface area contributed by atoms with Crippen molar-refractivity contribution in [3.63, 3.8) is 0 Å². The van der Waals surface area contributed by atoms with E-state index >= 15 is 0 Å². The summed E-state index contributed by atoms with van der Waals surface area (Å²) < 4.78 is 0. The number of nitrogens with one attached hydrogen (secondary N) is 2. The summed E-state index contributed by atoms with van der Waals surface area (Å²) in [5.41, 5.74) is 0.483. The van der Waals surface area contributed by atoms with Gasteiger partial charge in [-0.3, -0.25) is 10.1 Å². The second-order valence-corrected chi connectivity index (χ2v) is 3.61. The molecule has 0 saturated heterocycles. The quantitative estimate of drug-likeness (QED) is 0.367. The minimum absolute atomic E-state index is 0.0156. The first kappa shape index (κ1) is 13.2. The van der Waals surface area contributed by atoms with Gasteiger partial charge in [-0.15, -0.1) is 11.6 Å². The van der Waals surface area contributed by atoms with Crippen LogP contribution in [0.1, 0.15) is 6.42 Å². The third kappa shape index (κ3) is 4.69. The van der Waals surface area contributed by atoms with Crippen LogP contribution < -0.4 is 10.6 Å². The maximum absolute atomic E-state index is 11.3. The summed E-state index contributed by atoms with van der Waals surface area (Å²) >= 11 is 5.46. The molecule has 7 heteroatoms. The van der Waals surface area contributed by atoms with Crippen LogP contribution in [0.25, 0.3) is 0 Å². The summed E-state index contributed by atoms with van der Waals surface area (Å²) in [6.07, 6.45) is 0.690. The van der Waals surface area contributed by atoms with Gasteiger partial charge in [0.1, 0.15) is 0 Å². The first-order chi connectivity index (χ1) is 8.13. The van der Waals surface area contributed by atoms with Gasteiger partial charge >= 0.3 is 6.03 Å². The van der Waals surface area contributed by atoms with E-state index in [9.17, 15) is 14.9 Å². The monoisotopic (exact) mass is 257 g/mol. The minimum Gasteiger partial charge on any atom is -0.338 e. The van der Waals surface area contributed by atoms with E-state index in [1.165, 1.54) is 24.3 Å². The third-order valence-corrected chi connectivity index (χ3v) is 2.20. The highest BCUT2D eigenvalue weighted by Crippen LogP contribution is 2.14. The van der Waals surface area contributed by atoms with Crippen molar-refractivity contribution in [2.75, 3.05) is 17.7 Å². The van der Waals surface area contributed by atoms with Gasteiger partial charge in [0.2, 0.25) is 0 Å². The number of halogens is 1. The molecular weight excluding hydrogens is 246 g/mol. The second-order valence-electron chi connectivity index (χ2n) is 3.23. The number of nitro groups is 1. The first-order valence-electron chi connectivity index (χ1n) is 4.99. The normalized spacial score (nSPS) is 9.71.